The van der Waals surface area contributed by atoms with E-state index in [0.29, 0.717) is 5.92 Å². The van der Waals surface area contributed by atoms with Gasteiger partial charge in [-0.3, -0.25) is 4.79 Å². The van der Waals surface area contributed by atoms with Gasteiger partial charge in [-0.15, -0.1) is 5.56 Å². The number of aliphatic carboxylic acids is 1. The molecule has 1 fully saturated rings. The van der Waals surface area contributed by atoms with Crippen LogP contribution in [0, 0.1) is 18.9 Å². The number of rotatable bonds is 3. The van der Waals surface area contributed by atoms with E-state index in [4.69, 9.17) is 5.11 Å². The first-order valence-corrected chi connectivity index (χ1v) is 7.95. The Morgan fingerprint density at radius 1 is 1.00 bits per heavy atom. The predicted molar refractivity (Wildman–Crippen MR) is 87.8 cm³/mol. The van der Waals surface area contributed by atoms with Crippen molar-refractivity contribution in [2.45, 2.75) is 38.5 Å². The summed E-state index contributed by atoms with van der Waals surface area (Å²) in [5, 5.41) is 9.07. The van der Waals surface area contributed by atoms with Crippen LogP contribution in [0.2, 0.25) is 0 Å². The molecule has 1 radical (unpaired) electrons. The molecule has 1 aliphatic carbocycles. The van der Waals surface area contributed by atoms with Crippen molar-refractivity contribution in [2.24, 2.45) is 5.92 Å². The van der Waals surface area contributed by atoms with Gasteiger partial charge in [-0.1, -0.05) is 36.8 Å². The third kappa shape index (κ3) is 4.52. The van der Waals surface area contributed by atoms with E-state index >= 15 is 0 Å². The maximum absolute atomic E-state index is 11.0. The fourth-order valence-electron chi connectivity index (χ4n) is 3.30. The van der Waals surface area contributed by atoms with Crippen molar-refractivity contribution in [3.8, 4) is 11.1 Å². The molecule has 0 spiro atoms. The number of carboxylic acids is 1. The molecule has 0 atom stereocenters. The van der Waals surface area contributed by atoms with Crippen molar-refractivity contribution in [3.05, 3.63) is 59.7 Å². The summed E-state index contributed by atoms with van der Waals surface area (Å²) in [5.74, 6) is -0.266. The van der Waals surface area contributed by atoms with Gasteiger partial charge in [0.2, 0.25) is 0 Å². The van der Waals surface area contributed by atoms with Gasteiger partial charge in [-0.05, 0) is 37.2 Å². The van der Waals surface area contributed by atoms with E-state index in [1.54, 1.807) is 0 Å². The van der Waals surface area contributed by atoms with Gasteiger partial charge in [0.15, 0.2) is 0 Å². The molecular weight excluding hydrogens is 361 g/mol. The minimum Gasteiger partial charge on any atom is -0.481 e. The molecule has 2 aromatic rings. The third-order valence-corrected chi connectivity index (χ3v) is 4.76. The quantitative estimate of drug-likeness (QED) is 0.773. The van der Waals surface area contributed by atoms with E-state index in [-0.39, 0.29) is 38.6 Å². The Kier molecular flexibility index (Phi) is 6.55. The Balaban J connectivity index is 0.00000192. The topological polar surface area (TPSA) is 37.3 Å². The number of benzene rings is 2. The molecular formula is C20H21O2Y-. The summed E-state index contributed by atoms with van der Waals surface area (Å²) in [7, 11) is 0. The molecule has 3 rings (SSSR count). The predicted octanol–water partition coefficient (Wildman–Crippen LogP) is 4.82. The normalized spacial score (nSPS) is 20.6. The molecule has 2 nitrogen and oxygen atoms in total. The van der Waals surface area contributed by atoms with Crippen LogP contribution in [-0.2, 0) is 37.5 Å². The molecule has 0 saturated heterocycles. The van der Waals surface area contributed by atoms with Gasteiger partial charge in [-0.2, -0.15) is 29.8 Å². The van der Waals surface area contributed by atoms with Crippen LogP contribution in [0.5, 0.6) is 0 Å². The zero-order chi connectivity index (χ0) is 15.5. The Morgan fingerprint density at radius 2 is 1.61 bits per heavy atom. The summed E-state index contributed by atoms with van der Waals surface area (Å²) in [6, 6.07) is 18.2. The van der Waals surface area contributed by atoms with Gasteiger partial charge in [0.25, 0.3) is 0 Å². The van der Waals surface area contributed by atoms with E-state index in [1.165, 1.54) is 16.7 Å². The SMILES string of the molecule is Cc1[c-]cc(-c2ccc(C3CCC(C(=O)O)CC3)cc2)cc1.[Y]. The molecule has 0 unspecified atom stereocenters. The molecule has 117 valence electrons. The summed E-state index contributed by atoms with van der Waals surface area (Å²) in [5.41, 5.74) is 4.88. The average molecular weight is 382 g/mol. The standard InChI is InChI=1S/C20H21O2.Y/c1-14-2-4-15(5-3-14)16-6-8-17(9-7-16)18-10-12-19(13-11-18)20(21)22;/h2,4-9,18-19H,10-13H2,1H3,(H,21,22);/q-1;. The fraction of sp³-hybridized carbons (Fsp3) is 0.350. The molecule has 1 N–H and O–H groups in total. The summed E-state index contributed by atoms with van der Waals surface area (Å²) in [6.45, 7) is 2.04. The monoisotopic (exact) mass is 382 g/mol. The van der Waals surface area contributed by atoms with E-state index in [0.717, 1.165) is 31.2 Å². The number of hydrogen-bond acceptors (Lipinski definition) is 1. The number of carbonyl (C=O) groups is 1. The van der Waals surface area contributed by atoms with Gasteiger partial charge in [0.05, 0.1) is 5.92 Å². The van der Waals surface area contributed by atoms with Crippen LogP contribution >= 0.6 is 0 Å². The second-order valence-electron chi connectivity index (χ2n) is 6.27. The first-order valence-electron chi connectivity index (χ1n) is 7.95. The molecule has 1 aliphatic rings. The molecule has 0 amide bonds. The molecule has 0 heterocycles. The molecule has 2 aromatic carbocycles. The molecule has 23 heavy (non-hydrogen) atoms. The largest absolute Gasteiger partial charge is 0.481 e. The second-order valence-corrected chi connectivity index (χ2v) is 6.27. The van der Waals surface area contributed by atoms with E-state index < -0.39 is 5.97 Å². The van der Waals surface area contributed by atoms with Crippen LogP contribution < -0.4 is 0 Å². The minimum absolute atomic E-state index is 0. The van der Waals surface area contributed by atoms with Crippen molar-refractivity contribution < 1.29 is 42.6 Å². The first-order chi connectivity index (χ1) is 10.6. The van der Waals surface area contributed by atoms with Gasteiger partial charge in [0.1, 0.15) is 0 Å². The third-order valence-electron chi connectivity index (χ3n) is 4.76. The smallest absolute Gasteiger partial charge is 0.306 e. The maximum atomic E-state index is 11.0. The Hall–Kier alpha value is -0.986. The second kappa shape index (κ2) is 8.21. The average Bonchev–Trinajstić information content (AvgIpc) is 2.56. The van der Waals surface area contributed by atoms with Crippen LogP contribution in [0.4, 0.5) is 0 Å². The maximum Gasteiger partial charge on any atom is 0.306 e. The summed E-state index contributed by atoms with van der Waals surface area (Å²) in [4.78, 5) is 11.0. The minimum atomic E-state index is -0.635. The molecule has 1 saturated carbocycles. The summed E-state index contributed by atoms with van der Waals surface area (Å²) in [6.07, 6.45) is 3.56. The van der Waals surface area contributed by atoms with Crippen molar-refractivity contribution in [1.82, 2.24) is 0 Å². The van der Waals surface area contributed by atoms with E-state index in [2.05, 4.69) is 42.5 Å². The molecule has 0 aromatic heterocycles. The van der Waals surface area contributed by atoms with Crippen molar-refractivity contribution >= 4 is 5.97 Å². The van der Waals surface area contributed by atoms with Crippen LogP contribution in [-0.4, -0.2) is 11.1 Å². The Labute approximate surface area is 163 Å². The van der Waals surface area contributed by atoms with Crippen molar-refractivity contribution in [3.63, 3.8) is 0 Å². The Morgan fingerprint density at radius 3 is 2.13 bits per heavy atom. The van der Waals surface area contributed by atoms with Crippen LogP contribution in [0.3, 0.4) is 0 Å². The molecule has 3 heteroatoms. The van der Waals surface area contributed by atoms with Gasteiger partial charge in [-0.25, -0.2) is 0 Å². The number of carboxylic acid groups (broad SMARTS) is 1. The van der Waals surface area contributed by atoms with Crippen molar-refractivity contribution in [2.75, 3.05) is 0 Å². The number of aryl methyl sites for hydroxylation is 1. The van der Waals surface area contributed by atoms with E-state index in [9.17, 15) is 4.79 Å². The molecule has 0 aliphatic heterocycles. The van der Waals surface area contributed by atoms with Crippen LogP contribution in [0.25, 0.3) is 11.1 Å². The van der Waals surface area contributed by atoms with Crippen LogP contribution in [0.1, 0.15) is 42.7 Å². The fourth-order valence-corrected chi connectivity index (χ4v) is 3.30. The zero-order valence-electron chi connectivity index (χ0n) is 13.5. The summed E-state index contributed by atoms with van der Waals surface area (Å²) < 4.78 is 0. The van der Waals surface area contributed by atoms with E-state index in [1.807, 2.05) is 13.0 Å². The molecule has 0 bridgehead atoms. The summed E-state index contributed by atoms with van der Waals surface area (Å²) >= 11 is 0. The van der Waals surface area contributed by atoms with Crippen molar-refractivity contribution in [1.29, 1.82) is 0 Å². The van der Waals surface area contributed by atoms with Gasteiger partial charge in [0, 0.05) is 32.7 Å². The number of hydrogen-bond donors (Lipinski definition) is 1. The van der Waals surface area contributed by atoms with Gasteiger partial charge < -0.3 is 5.11 Å². The van der Waals surface area contributed by atoms with Crippen LogP contribution in [0.15, 0.2) is 42.5 Å². The zero-order valence-corrected chi connectivity index (χ0v) is 16.3. The first kappa shape index (κ1) is 18.4. The Bertz CT molecular complexity index is 638. The van der Waals surface area contributed by atoms with Gasteiger partial charge >= 0.3 is 5.97 Å².